The predicted molar refractivity (Wildman–Crippen MR) is 41.1 cm³/mol. The van der Waals surface area contributed by atoms with Crippen molar-refractivity contribution in [2.24, 2.45) is 5.84 Å². The van der Waals surface area contributed by atoms with Gasteiger partial charge >= 0.3 is 5.97 Å². The highest BCUT2D eigenvalue weighted by Gasteiger charge is 2.12. The number of methoxy groups -OCH3 is 1. The van der Waals surface area contributed by atoms with Gasteiger partial charge in [-0.3, -0.25) is 0 Å². The SMILES string of the molecule is COC(=O)c1ncc(F)c(NN)n1. The molecule has 0 radical (unpaired) electrons. The highest BCUT2D eigenvalue weighted by Crippen LogP contribution is 2.07. The van der Waals surface area contributed by atoms with E-state index in [0.717, 1.165) is 6.20 Å². The Kier molecular flexibility index (Phi) is 2.70. The van der Waals surface area contributed by atoms with E-state index >= 15 is 0 Å². The Labute approximate surface area is 72.9 Å². The number of nitrogens with two attached hydrogens (primary N) is 1. The average Bonchev–Trinajstić information content (AvgIpc) is 2.17. The smallest absolute Gasteiger partial charge is 0.376 e. The molecule has 7 heteroatoms. The van der Waals surface area contributed by atoms with Crippen molar-refractivity contribution in [2.45, 2.75) is 0 Å². The van der Waals surface area contributed by atoms with Gasteiger partial charge < -0.3 is 10.2 Å². The van der Waals surface area contributed by atoms with E-state index in [4.69, 9.17) is 5.84 Å². The highest BCUT2D eigenvalue weighted by atomic mass is 19.1. The van der Waals surface area contributed by atoms with Gasteiger partial charge in [0, 0.05) is 0 Å². The van der Waals surface area contributed by atoms with Crippen LogP contribution in [-0.2, 0) is 4.74 Å². The van der Waals surface area contributed by atoms with E-state index in [1.807, 2.05) is 5.43 Å². The van der Waals surface area contributed by atoms with Crippen LogP contribution in [-0.4, -0.2) is 23.0 Å². The van der Waals surface area contributed by atoms with E-state index in [0.29, 0.717) is 0 Å². The monoisotopic (exact) mass is 186 g/mol. The fourth-order valence-corrected chi connectivity index (χ4v) is 0.658. The number of nitrogens with zero attached hydrogens (tertiary/aromatic N) is 2. The summed E-state index contributed by atoms with van der Waals surface area (Å²) in [6.45, 7) is 0. The third-order valence-electron chi connectivity index (χ3n) is 1.25. The van der Waals surface area contributed by atoms with Gasteiger partial charge in [-0.2, -0.15) is 0 Å². The molecule has 0 fully saturated rings. The molecule has 0 aliphatic carbocycles. The largest absolute Gasteiger partial charge is 0.463 e. The molecule has 0 aliphatic rings. The number of carbonyl (C=O) groups is 1. The Hall–Kier alpha value is -1.76. The third kappa shape index (κ3) is 1.88. The number of hydrogen-bond donors (Lipinski definition) is 2. The number of rotatable bonds is 2. The van der Waals surface area contributed by atoms with Gasteiger partial charge in [0.15, 0.2) is 11.6 Å². The summed E-state index contributed by atoms with van der Waals surface area (Å²) in [4.78, 5) is 17.7. The summed E-state index contributed by atoms with van der Waals surface area (Å²) in [5.41, 5.74) is 1.98. The summed E-state index contributed by atoms with van der Waals surface area (Å²) in [7, 11) is 1.17. The van der Waals surface area contributed by atoms with E-state index in [1.54, 1.807) is 0 Å². The van der Waals surface area contributed by atoms with Crippen LogP contribution in [0.25, 0.3) is 0 Å². The minimum Gasteiger partial charge on any atom is -0.463 e. The number of hydrazine groups is 1. The molecule has 1 rings (SSSR count). The second-order valence-corrected chi connectivity index (χ2v) is 2.03. The maximum Gasteiger partial charge on any atom is 0.376 e. The first-order chi connectivity index (χ1) is 6.19. The van der Waals surface area contributed by atoms with Crippen molar-refractivity contribution in [2.75, 3.05) is 12.5 Å². The number of halogens is 1. The van der Waals surface area contributed by atoms with Crippen LogP contribution in [0.4, 0.5) is 10.2 Å². The number of aromatic nitrogens is 2. The van der Waals surface area contributed by atoms with Gasteiger partial charge in [-0.1, -0.05) is 0 Å². The number of carbonyl (C=O) groups excluding carboxylic acids is 1. The molecule has 70 valence electrons. The Morgan fingerprint density at radius 2 is 2.46 bits per heavy atom. The number of nitrogen functional groups attached to an aromatic ring is 1. The van der Waals surface area contributed by atoms with Crippen molar-refractivity contribution in [1.29, 1.82) is 0 Å². The van der Waals surface area contributed by atoms with E-state index < -0.39 is 11.8 Å². The molecule has 0 amide bonds. The normalized spacial score (nSPS) is 9.46. The Morgan fingerprint density at radius 1 is 1.77 bits per heavy atom. The Morgan fingerprint density at radius 3 is 3.00 bits per heavy atom. The lowest BCUT2D eigenvalue weighted by Crippen LogP contribution is -2.15. The lowest BCUT2D eigenvalue weighted by Gasteiger charge is -2.01. The molecule has 6 nitrogen and oxygen atoms in total. The number of hydrogen-bond acceptors (Lipinski definition) is 6. The summed E-state index contributed by atoms with van der Waals surface area (Å²) in [6, 6.07) is 0. The van der Waals surface area contributed by atoms with Gasteiger partial charge in [0.2, 0.25) is 5.82 Å². The molecule has 0 saturated carbocycles. The lowest BCUT2D eigenvalue weighted by molar-refractivity contribution is 0.0586. The van der Waals surface area contributed by atoms with Crippen molar-refractivity contribution in [3.8, 4) is 0 Å². The molecule has 0 bridgehead atoms. The first-order valence-corrected chi connectivity index (χ1v) is 3.26. The molecular weight excluding hydrogens is 179 g/mol. The predicted octanol–water partition coefficient (Wildman–Crippen LogP) is -0.312. The first-order valence-electron chi connectivity index (χ1n) is 3.26. The minimum absolute atomic E-state index is 0.253. The van der Waals surface area contributed by atoms with Crippen molar-refractivity contribution in [3.63, 3.8) is 0 Å². The summed E-state index contributed by atoms with van der Waals surface area (Å²) in [6.07, 6.45) is 0.828. The van der Waals surface area contributed by atoms with Crippen LogP contribution in [0.2, 0.25) is 0 Å². The molecule has 1 aromatic rings. The summed E-state index contributed by atoms with van der Waals surface area (Å²) < 4.78 is 17.0. The molecule has 13 heavy (non-hydrogen) atoms. The van der Waals surface area contributed by atoms with Crippen molar-refractivity contribution < 1.29 is 13.9 Å². The lowest BCUT2D eigenvalue weighted by atomic mass is 10.5. The number of nitrogens with one attached hydrogen (secondary N) is 1. The maximum atomic E-state index is 12.7. The molecule has 0 aromatic carbocycles. The molecule has 1 heterocycles. The van der Waals surface area contributed by atoms with Gasteiger partial charge in [-0.15, -0.1) is 0 Å². The third-order valence-corrected chi connectivity index (χ3v) is 1.25. The van der Waals surface area contributed by atoms with Gasteiger partial charge in [0.25, 0.3) is 0 Å². The average molecular weight is 186 g/mol. The zero-order valence-electron chi connectivity index (χ0n) is 6.74. The van der Waals surface area contributed by atoms with Crippen LogP contribution in [0.5, 0.6) is 0 Å². The molecule has 0 unspecified atom stereocenters. The molecule has 0 atom stereocenters. The quantitative estimate of drug-likeness (QED) is 0.374. The van der Waals surface area contributed by atoms with Gasteiger partial charge in [0.1, 0.15) is 0 Å². The van der Waals surface area contributed by atoms with Crippen molar-refractivity contribution in [3.05, 3.63) is 17.8 Å². The molecule has 3 N–H and O–H groups in total. The standard InChI is InChI=1S/C6H7FN4O2/c1-13-6(12)5-9-2-3(7)4(10-5)11-8/h2H,8H2,1H3,(H,9,10,11). The fourth-order valence-electron chi connectivity index (χ4n) is 0.658. The maximum absolute atomic E-state index is 12.7. The fraction of sp³-hybridized carbons (Fsp3) is 0.167. The molecular formula is C6H7FN4O2. The summed E-state index contributed by atoms with van der Waals surface area (Å²) in [5.74, 6) is 2.93. The molecule has 1 aromatic heterocycles. The van der Waals surface area contributed by atoms with Crippen LogP contribution >= 0.6 is 0 Å². The number of ether oxygens (including phenoxy) is 1. The van der Waals surface area contributed by atoms with E-state index in [1.165, 1.54) is 7.11 Å². The van der Waals surface area contributed by atoms with Crippen LogP contribution in [0, 0.1) is 5.82 Å². The number of anilines is 1. The Balaban J connectivity index is 3.06. The Bertz CT molecular complexity index is 330. The molecule has 0 spiro atoms. The van der Waals surface area contributed by atoms with Gasteiger partial charge in [0.05, 0.1) is 13.3 Å². The van der Waals surface area contributed by atoms with E-state index in [2.05, 4.69) is 14.7 Å². The second kappa shape index (κ2) is 3.76. The minimum atomic E-state index is -0.753. The van der Waals surface area contributed by atoms with Crippen LogP contribution in [0.3, 0.4) is 0 Å². The topological polar surface area (TPSA) is 90.1 Å². The van der Waals surface area contributed by atoms with Gasteiger partial charge in [-0.25, -0.2) is 25.0 Å². The highest BCUT2D eigenvalue weighted by molar-refractivity contribution is 5.85. The van der Waals surface area contributed by atoms with Crippen molar-refractivity contribution in [1.82, 2.24) is 9.97 Å². The summed E-state index contributed by atoms with van der Waals surface area (Å²) >= 11 is 0. The zero-order chi connectivity index (χ0) is 9.84. The van der Waals surface area contributed by atoms with Gasteiger partial charge in [-0.05, 0) is 0 Å². The van der Waals surface area contributed by atoms with Crippen LogP contribution < -0.4 is 11.3 Å². The van der Waals surface area contributed by atoms with Crippen molar-refractivity contribution >= 4 is 11.8 Å². The van der Waals surface area contributed by atoms with Crippen LogP contribution in [0.1, 0.15) is 10.6 Å². The van der Waals surface area contributed by atoms with E-state index in [-0.39, 0.29) is 11.6 Å². The molecule has 0 aliphatic heterocycles. The van der Waals surface area contributed by atoms with Crippen LogP contribution in [0.15, 0.2) is 6.20 Å². The number of esters is 1. The zero-order valence-corrected chi connectivity index (χ0v) is 6.74. The first kappa shape index (κ1) is 9.33. The second-order valence-electron chi connectivity index (χ2n) is 2.03. The summed E-state index contributed by atoms with van der Waals surface area (Å²) in [5, 5.41) is 0. The van der Waals surface area contributed by atoms with E-state index in [9.17, 15) is 9.18 Å². The molecule has 0 saturated heterocycles.